The van der Waals surface area contributed by atoms with Crippen molar-refractivity contribution in [1.82, 2.24) is 5.32 Å². The van der Waals surface area contributed by atoms with Gasteiger partial charge in [0.05, 0.1) is 0 Å². The lowest BCUT2D eigenvalue weighted by Crippen LogP contribution is -2.32. The monoisotopic (exact) mass is 366 g/mol. The van der Waals surface area contributed by atoms with E-state index >= 15 is 0 Å². The first-order valence-electron chi connectivity index (χ1n) is 9.58. The number of primary amides is 1. The lowest BCUT2D eigenvalue weighted by molar-refractivity contribution is 0.0936. The first-order valence-corrected chi connectivity index (χ1v) is 9.58. The summed E-state index contributed by atoms with van der Waals surface area (Å²) >= 11 is 0. The summed E-state index contributed by atoms with van der Waals surface area (Å²) in [5.41, 5.74) is 8.90. The SMILES string of the molecule is CC(CCC(C)c1ccc(C(N)=O)cc1)NC(=O)c1ccc(C(C)C)cc1. The molecule has 0 aliphatic rings. The third-order valence-electron chi connectivity index (χ3n) is 5.01. The number of carbonyl (C=O) groups excluding carboxylic acids is 2. The number of rotatable bonds is 8. The summed E-state index contributed by atoms with van der Waals surface area (Å²) < 4.78 is 0. The second kappa shape index (κ2) is 9.36. The third-order valence-corrected chi connectivity index (χ3v) is 5.01. The van der Waals surface area contributed by atoms with Gasteiger partial charge in [0.15, 0.2) is 0 Å². The highest BCUT2D eigenvalue weighted by atomic mass is 16.2. The number of nitrogens with two attached hydrogens (primary N) is 1. The van der Waals surface area contributed by atoms with Crippen molar-refractivity contribution in [2.45, 2.75) is 58.4 Å². The van der Waals surface area contributed by atoms with Crippen LogP contribution in [0.2, 0.25) is 0 Å². The van der Waals surface area contributed by atoms with Crippen molar-refractivity contribution in [2.75, 3.05) is 0 Å². The predicted molar refractivity (Wildman–Crippen MR) is 110 cm³/mol. The maximum atomic E-state index is 12.4. The molecular formula is C23H30N2O2. The molecule has 2 aromatic carbocycles. The molecule has 0 aliphatic carbocycles. The van der Waals surface area contributed by atoms with E-state index in [-0.39, 0.29) is 11.9 Å². The van der Waals surface area contributed by atoms with Gasteiger partial charge >= 0.3 is 0 Å². The first kappa shape index (κ1) is 20.7. The highest BCUT2D eigenvalue weighted by molar-refractivity contribution is 5.94. The predicted octanol–water partition coefficient (Wildman–Crippen LogP) is 4.61. The van der Waals surface area contributed by atoms with Gasteiger partial charge in [-0.1, -0.05) is 45.0 Å². The summed E-state index contributed by atoms with van der Waals surface area (Å²) in [4.78, 5) is 23.5. The second-order valence-corrected chi connectivity index (χ2v) is 7.62. The summed E-state index contributed by atoms with van der Waals surface area (Å²) in [5.74, 6) is 0.361. The topological polar surface area (TPSA) is 72.2 Å². The van der Waals surface area contributed by atoms with E-state index in [4.69, 9.17) is 5.73 Å². The number of hydrogen-bond donors (Lipinski definition) is 2. The fourth-order valence-electron chi connectivity index (χ4n) is 3.04. The highest BCUT2D eigenvalue weighted by Crippen LogP contribution is 2.22. The van der Waals surface area contributed by atoms with E-state index in [0.717, 1.165) is 12.8 Å². The van der Waals surface area contributed by atoms with E-state index in [1.807, 2.05) is 43.3 Å². The number of amides is 2. The smallest absolute Gasteiger partial charge is 0.251 e. The van der Waals surface area contributed by atoms with Gasteiger partial charge in [-0.05, 0) is 67.0 Å². The molecule has 0 spiro atoms. The summed E-state index contributed by atoms with van der Waals surface area (Å²) in [7, 11) is 0. The standard InChI is InChI=1S/C23H30N2O2/c1-15(2)18-7-13-21(14-8-18)23(27)25-17(4)6-5-16(3)19-9-11-20(12-10-19)22(24)26/h7-17H,5-6H2,1-4H3,(H2,24,26)(H,25,27). The number of benzene rings is 2. The minimum Gasteiger partial charge on any atom is -0.366 e. The zero-order valence-electron chi connectivity index (χ0n) is 16.7. The maximum absolute atomic E-state index is 12.4. The molecule has 2 unspecified atom stereocenters. The largest absolute Gasteiger partial charge is 0.366 e. The molecule has 0 heterocycles. The van der Waals surface area contributed by atoms with Gasteiger partial charge in [0, 0.05) is 17.2 Å². The van der Waals surface area contributed by atoms with Crippen LogP contribution < -0.4 is 11.1 Å². The molecule has 0 bridgehead atoms. The van der Waals surface area contributed by atoms with E-state index in [0.29, 0.717) is 23.0 Å². The summed E-state index contributed by atoms with van der Waals surface area (Å²) in [6.45, 7) is 8.46. The average Bonchev–Trinajstić information content (AvgIpc) is 2.66. The van der Waals surface area contributed by atoms with Crippen molar-refractivity contribution >= 4 is 11.8 Å². The molecule has 0 radical (unpaired) electrons. The van der Waals surface area contributed by atoms with Crippen molar-refractivity contribution in [3.8, 4) is 0 Å². The molecule has 0 aromatic heterocycles. The summed E-state index contributed by atoms with van der Waals surface area (Å²) in [6, 6.07) is 15.3. The van der Waals surface area contributed by atoms with Crippen LogP contribution in [0.5, 0.6) is 0 Å². The van der Waals surface area contributed by atoms with Crippen LogP contribution in [0.1, 0.15) is 84.2 Å². The Labute approximate surface area is 162 Å². The van der Waals surface area contributed by atoms with Crippen LogP contribution in [-0.4, -0.2) is 17.9 Å². The van der Waals surface area contributed by atoms with Crippen LogP contribution in [0.3, 0.4) is 0 Å². The fraction of sp³-hybridized carbons (Fsp3) is 0.391. The van der Waals surface area contributed by atoms with Gasteiger partial charge in [-0.15, -0.1) is 0 Å². The fourth-order valence-corrected chi connectivity index (χ4v) is 3.04. The molecular weight excluding hydrogens is 336 g/mol. The molecule has 4 heteroatoms. The van der Waals surface area contributed by atoms with Crippen LogP contribution >= 0.6 is 0 Å². The molecule has 0 aliphatic heterocycles. The molecule has 3 N–H and O–H groups in total. The van der Waals surface area contributed by atoms with Crippen molar-refractivity contribution in [2.24, 2.45) is 5.73 Å². The Balaban J connectivity index is 1.84. The van der Waals surface area contributed by atoms with Crippen molar-refractivity contribution in [3.63, 3.8) is 0 Å². The van der Waals surface area contributed by atoms with Gasteiger partial charge in [-0.2, -0.15) is 0 Å². The molecule has 144 valence electrons. The van der Waals surface area contributed by atoms with Gasteiger partial charge < -0.3 is 11.1 Å². The van der Waals surface area contributed by atoms with Crippen molar-refractivity contribution < 1.29 is 9.59 Å². The van der Waals surface area contributed by atoms with E-state index < -0.39 is 5.91 Å². The molecule has 0 saturated heterocycles. The van der Waals surface area contributed by atoms with Gasteiger partial charge in [-0.25, -0.2) is 0 Å². The molecule has 27 heavy (non-hydrogen) atoms. The zero-order chi connectivity index (χ0) is 20.0. The summed E-state index contributed by atoms with van der Waals surface area (Å²) in [6.07, 6.45) is 1.83. The van der Waals surface area contributed by atoms with Crippen molar-refractivity contribution in [1.29, 1.82) is 0 Å². The quantitative estimate of drug-likeness (QED) is 0.716. The van der Waals surface area contributed by atoms with E-state index in [1.165, 1.54) is 11.1 Å². The second-order valence-electron chi connectivity index (χ2n) is 7.62. The number of nitrogens with one attached hydrogen (secondary N) is 1. The van der Waals surface area contributed by atoms with Crippen LogP contribution in [0.4, 0.5) is 0 Å². The molecule has 0 saturated carbocycles. The van der Waals surface area contributed by atoms with Gasteiger partial charge in [0.2, 0.25) is 5.91 Å². The lowest BCUT2D eigenvalue weighted by atomic mass is 9.93. The maximum Gasteiger partial charge on any atom is 0.251 e. The van der Waals surface area contributed by atoms with Crippen LogP contribution in [0, 0.1) is 0 Å². The first-order chi connectivity index (χ1) is 12.8. The molecule has 2 aromatic rings. The normalized spacial score (nSPS) is 13.2. The Morgan fingerprint density at radius 3 is 1.85 bits per heavy atom. The Hall–Kier alpha value is -2.62. The zero-order valence-corrected chi connectivity index (χ0v) is 16.7. The molecule has 4 nitrogen and oxygen atoms in total. The Kier molecular flexibility index (Phi) is 7.17. The van der Waals surface area contributed by atoms with Crippen LogP contribution in [0.25, 0.3) is 0 Å². The van der Waals surface area contributed by atoms with Gasteiger partial charge in [0.25, 0.3) is 5.91 Å². The van der Waals surface area contributed by atoms with Crippen molar-refractivity contribution in [3.05, 3.63) is 70.8 Å². The van der Waals surface area contributed by atoms with E-state index in [9.17, 15) is 9.59 Å². The molecule has 2 atom stereocenters. The third kappa shape index (κ3) is 5.95. The minimum absolute atomic E-state index is 0.0312. The number of hydrogen-bond acceptors (Lipinski definition) is 2. The summed E-state index contributed by atoms with van der Waals surface area (Å²) in [5, 5.41) is 3.08. The molecule has 2 amide bonds. The van der Waals surface area contributed by atoms with E-state index in [2.05, 4.69) is 26.1 Å². The Morgan fingerprint density at radius 2 is 1.33 bits per heavy atom. The van der Waals surface area contributed by atoms with E-state index in [1.54, 1.807) is 12.1 Å². The Bertz CT molecular complexity index is 764. The highest BCUT2D eigenvalue weighted by Gasteiger charge is 2.13. The van der Waals surface area contributed by atoms with Gasteiger partial charge in [0.1, 0.15) is 0 Å². The van der Waals surface area contributed by atoms with Crippen LogP contribution in [-0.2, 0) is 0 Å². The Morgan fingerprint density at radius 1 is 0.815 bits per heavy atom. The lowest BCUT2D eigenvalue weighted by Gasteiger charge is -2.18. The van der Waals surface area contributed by atoms with Crippen LogP contribution in [0.15, 0.2) is 48.5 Å². The average molecular weight is 367 g/mol. The molecule has 0 fully saturated rings. The van der Waals surface area contributed by atoms with Gasteiger partial charge in [-0.3, -0.25) is 9.59 Å². The number of carbonyl (C=O) groups is 2. The minimum atomic E-state index is -0.410. The molecule has 2 rings (SSSR count).